The average molecular weight is 305 g/mol. The Balaban J connectivity index is 0.00000200. The fourth-order valence-corrected chi connectivity index (χ4v) is 3.58. The van der Waals surface area contributed by atoms with Crippen LogP contribution in [-0.2, 0) is 9.53 Å². The summed E-state index contributed by atoms with van der Waals surface area (Å²) in [6.45, 7) is 6.02. The van der Waals surface area contributed by atoms with Crippen molar-refractivity contribution in [3.63, 3.8) is 0 Å². The van der Waals surface area contributed by atoms with Gasteiger partial charge in [-0.05, 0) is 25.7 Å². The highest BCUT2D eigenvalue weighted by Crippen LogP contribution is 2.34. The number of fused-ring (bicyclic) bond motifs is 1. The van der Waals surface area contributed by atoms with Crippen LogP contribution in [0.15, 0.2) is 0 Å². The second kappa shape index (κ2) is 7.62. The molecule has 0 aromatic rings. The first-order chi connectivity index (χ1) is 9.18. The molecule has 2 atom stereocenters. The van der Waals surface area contributed by atoms with Gasteiger partial charge in [-0.3, -0.25) is 4.79 Å². The van der Waals surface area contributed by atoms with Gasteiger partial charge in [0.15, 0.2) is 0 Å². The zero-order valence-corrected chi connectivity index (χ0v) is 13.6. The van der Waals surface area contributed by atoms with E-state index in [-0.39, 0.29) is 29.8 Å². The Morgan fingerprint density at radius 2 is 1.95 bits per heavy atom. The predicted octanol–water partition coefficient (Wildman–Crippen LogP) is 2.34. The van der Waals surface area contributed by atoms with Gasteiger partial charge >= 0.3 is 0 Å². The summed E-state index contributed by atoms with van der Waals surface area (Å²) in [7, 11) is 0. The lowest BCUT2D eigenvalue weighted by molar-refractivity contribution is -0.160. The summed E-state index contributed by atoms with van der Waals surface area (Å²) in [5.41, 5.74) is 5.56. The maximum Gasteiger partial charge on any atom is 0.230 e. The predicted molar refractivity (Wildman–Crippen MR) is 83.0 cm³/mol. The van der Waals surface area contributed by atoms with Crippen LogP contribution in [0, 0.1) is 5.41 Å². The van der Waals surface area contributed by atoms with Crippen LogP contribution in [-0.4, -0.2) is 42.6 Å². The molecule has 0 radical (unpaired) electrons. The van der Waals surface area contributed by atoms with E-state index in [2.05, 4.69) is 18.7 Å². The smallest absolute Gasteiger partial charge is 0.230 e. The molecule has 0 aromatic carbocycles. The highest BCUT2D eigenvalue weighted by atomic mass is 35.5. The SMILES string of the molecule is CCC(CC)(CN)C(=O)N1CCOC2CCCCC21.Cl. The van der Waals surface area contributed by atoms with Crippen LogP contribution in [0.4, 0.5) is 0 Å². The van der Waals surface area contributed by atoms with Crippen LogP contribution in [0.2, 0.25) is 0 Å². The number of hydrogen-bond acceptors (Lipinski definition) is 3. The van der Waals surface area contributed by atoms with Crippen LogP contribution in [0.25, 0.3) is 0 Å². The van der Waals surface area contributed by atoms with Crippen molar-refractivity contribution in [2.75, 3.05) is 19.7 Å². The van der Waals surface area contributed by atoms with Gasteiger partial charge in [-0.1, -0.05) is 26.7 Å². The lowest BCUT2D eigenvalue weighted by atomic mass is 9.79. The first-order valence-corrected chi connectivity index (χ1v) is 7.81. The van der Waals surface area contributed by atoms with Gasteiger partial charge in [0.2, 0.25) is 5.91 Å². The summed E-state index contributed by atoms with van der Waals surface area (Å²) in [4.78, 5) is 15.0. The van der Waals surface area contributed by atoms with Gasteiger partial charge in [-0.15, -0.1) is 12.4 Å². The molecule has 1 saturated carbocycles. The maximum absolute atomic E-state index is 13.0. The highest BCUT2D eigenvalue weighted by Gasteiger charge is 2.43. The van der Waals surface area contributed by atoms with E-state index in [9.17, 15) is 4.79 Å². The molecule has 2 unspecified atom stereocenters. The number of nitrogens with two attached hydrogens (primary N) is 1. The van der Waals surface area contributed by atoms with E-state index in [4.69, 9.17) is 10.5 Å². The quantitative estimate of drug-likeness (QED) is 0.867. The van der Waals surface area contributed by atoms with Crippen molar-refractivity contribution in [3.8, 4) is 0 Å². The summed E-state index contributed by atoms with van der Waals surface area (Å²) >= 11 is 0. The molecule has 0 bridgehead atoms. The minimum absolute atomic E-state index is 0. The molecule has 2 aliphatic rings. The molecular formula is C15H29ClN2O2. The van der Waals surface area contributed by atoms with Gasteiger partial charge in [0.25, 0.3) is 0 Å². The molecule has 20 heavy (non-hydrogen) atoms. The Labute approximate surface area is 128 Å². The van der Waals surface area contributed by atoms with Crippen molar-refractivity contribution in [1.29, 1.82) is 0 Å². The number of ether oxygens (including phenoxy) is 1. The first kappa shape index (κ1) is 17.7. The zero-order valence-electron chi connectivity index (χ0n) is 12.8. The zero-order chi connectivity index (χ0) is 13.9. The number of hydrogen-bond donors (Lipinski definition) is 1. The molecule has 1 aliphatic carbocycles. The summed E-state index contributed by atoms with van der Waals surface area (Å²) in [6.07, 6.45) is 6.54. The van der Waals surface area contributed by atoms with Gasteiger partial charge in [-0.2, -0.15) is 0 Å². The van der Waals surface area contributed by atoms with Crippen LogP contribution in [0.3, 0.4) is 0 Å². The molecule has 118 valence electrons. The lowest BCUT2D eigenvalue weighted by Crippen LogP contribution is -2.59. The molecular weight excluding hydrogens is 276 g/mol. The van der Waals surface area contributed by atoms with Crippen molar-refractivity contribution >= 4 is 18.3 Å². The second-order valence-electron chi connectivity index (χ2n) is 5.95. The van der Waals surface area contributed by atoms with Crippen molar-refractivity contribution in [3.05, 3.63) is 0 Å². The minimum atomic E-state index is -0.362. The Kier molecular flexibility index (Phi) is 6.76. The number of rotatable bonds is 4. The standard InChI is InChI=1S/C15H28N2O2.ClH/c1-3-15(4-2,11-16)14(18)17-9-10-19-13-8-6-5-7-12(13)17;/h12-13H,3-11,16H2,1-2H3;1H. The number of nitrogens with zero attached hydrogens (tertiary/aromatic N) is 1. The van der Waals surface area contributed by atoms with E-state index in [1.807, 2.05) is 0 Å². The van der Waals surface area contributed by atoms with Crippen LogP contribution >= 0.6 is 12.4 Å². The van der Waals surface area contributed by atoms with Gasteiger partial charge in [0.05, 0.1) is 24.2 Å². The van der Waals surface area contributed by atoms with E-state index in [1.54, 1.807) is 0 Å². The fraction of sp³-hybridized carbons (Fsp3) is 0.933. The molecule has 2 N–H and O–H groups in total. The van der Waals surface area contributed by atoms with Gasteiger partial charge < -0.3 is 15.4 Å². The third kappa shape index (κ3) is 3.12. The Hall–Kier alpha value is -0.320. The minimum Gasteiger partial charge on any atom is -0.374 e. The van der Waals surface area contributed by atoms with Crippen molar-refractivity contribution in [2.45, 2.75) is 64.5 Å². The van der Waals surface area contributed by atoms with E-state index in [0.29, 0.717) is 19.2 Å². The van der Waals surface area contributed by atoms with Crippen molar-refractivity contribution in [1.82, 2.24) is 4.90 Å². The fourth-order valence-electron chi connectivity index (χ4n) is 3.58. The molecule has 5 heteroatoms. The monoisotopic (exact) mass is 304 g/mol. The van der Waals surface area contributed by atoms with Crippen LogP contribution in [0.5, 0.6) is 0 Å². The largest absolute Gasteiger partial charge is 0.374 e. The maximum atomic E-state index is 13.0. The average Bonchev–Trinajstić information content (AvgIpc) is 2.49. The molecule has 4 nitrogen and oxygen atoms in total. The van der Waals surface area contributed by atoms with Crippen molar-refractivity contribution in [2.24, 2.45) is 11.1 Å². The van der Waals surface area contributed by atoms with Gasteiger partial charge in [0.1, 0.15) is 0 Å². The molecule has 2 fully saturated rings. The summed E-state index contributed by atoms with van der Waals surface area (Å²) in [5, 5.41) is 0. The molecule has 1 heterocycles. The molecule has 1 saturated heterocycles. The second-order valence-corrected chi connectivity index (χ2v) is 5.95. The number of halogens is 1. The number of carbonyl (C=O) groups excluding carboxylic acids is 1. The number of carbonyl (C=O) groups is 1. The number of amides is 1. The Morgan fingerprint density at radius 1 is 1.30 bits per heavy atom. The normalized spacial score (nSPS) is 26.6. The topological polar surface area (TPSA) is 55.6 Å². The summed E-state index contributed by atoms with van der Waals surface area (Å²) in [6, 6.07) is 0.291. The van der Waals surface area contributed by atoms with Gasteiger partial charge in [-0.25, -0.2) is 0 Å². The first-order valence-electron chi connectivity index (χ1n) is 7.81. The Morgan fingerprint density at radius 3 is 2.55 bits per heavy atom. The van der Waals surface area contributed by atoms with Crippen LogP contribution in [0.1, 0.15) is 52.4 Å². The van der Waals surface area contributed by atoms with Crippen molar-refractivity contribution < 1.29 is 9.53 Å². The third-order valence-corrected chi connectivity index (χ3v) is 5.19. The molecule has 2 rings (SSSR count). The molecule has 1 aliphatic heterocycles. The highest BCUT2D eigenvalue weighted by molar-refractivity contribution is 5.85. The van der Waals surface area contributed by atoms with Gasteiger partial charge in [0, 0.05) is 13.1 Å². The lowest BCUT2D eigenvalue weighted by Gasteiger charge is -2.47. The third-order valence-electron chi connectivity index (χ3n) is 5.19. The summed E-state index contributed by atoms with van der Waals surface area (Å²) in [5.74, 6) is 0.264. The molecule has 0 spiro atoms. The molecule has 1 amide bonds. The van der Waals surface area contributed by atoms with E-state index in [1.165, 1.54) is 12.8 Å². The molecule has 0 aromatic heterocycles. The van der Waals surface area contributed by atoms with E-state index >= 15 is 0 Å². The number of morpholine rings is 1. The summed E-state index contributed by atoms with van der Waals surface area (Å²) < 4.78 is 5.85. The van der Waals surface area contributed by atoms with Crippen LogP contribution < -0.4 is 5.73 Å². The van der Waals surface area contributed by atoms with E-state index in [0.717, 1.165) is 32.2 Å². The Bertz CT molecular complexity index is 311. The van der Waals surface area contributed by atoms with E-state index < -0.39 is 0 Å².